The van der Waals surface area contributed by atoms with E-state index in [9.17, 15) is 19.3 Å². The number of ether oxygens (including phenoxy) is 2. The number of carbonyl (C=O) groups is 1. The number of nitro benzene ring substituents is 1. The zero-order valence-electron chi connectivity index (χ0n) is 20.7. The Bertz CT molecular complexity index is 1520. The fraction of sp³-hybridized carbons (Fsp3) is 0.138. The smallest absolute Gasteiger partial charge is 0.272 e. The maximum absolute atomic E-state index is 13.7. The summed E-state index contributed by atoms with van der Waals surface area (Å²) in [6, 6.07) is 23.1. The van der Waals surface area contributed by atoms with Crippen LogP contribution in [0.25, 0.3) is 0 Å². The van der Waals surface area contributed by atoms with Crippen molar-refractivity contribution < 1.29 is 23.6 Å². The normalized spacial score (nSPS) is 14.4. The fourth-order valence-electron chi connectivity index (χ4n) is 4.52. The van der Waals surface area contributed by atoms with Crippen LogP contribution in [-0.2, 0) is 6.61 Å². The second-order valence-electron chi connectivity index (χ2n) is 8.81. The lowest BCUT2D eigenvalue weighted by Gasteiger charge is -2.38. The van der Waals surface area contributed by atoms with Gasteiger partial charge in [-0.25, -0.2) is 4.39 Å². The van der Waals surface area contributed by atoms with E-state index < -0.39 is 16.9 Å². The quantitative estimate of drug-likeness (QED) is 0.227. The molecule has 0 bridgehead atoms. The van der Waals surface area contributed by atoms with Gasteiger partial charge in [0.1, 0.15) is 30.1 Å². The molecule has 0 aromatic heterocycles. The Morgan fingerprint density at radius 1 is 1.03 bits per heavy atom. The standard InChI is InChI=1S/C29H24FN3O5/c1-18-15-23(12-13-26(18)33(35)36)38-17-20-16-19(7-14-27(20)37-2)28-31-25-6-4-3-5-24(25)29(34)32(28)22-10-8-21(30)9-11-22/h3-16,28,31H,17H2,1-2H3. The summed E-state index contributed by atoms with van der Waals surface area (Å²) in [5, 5.41) is 14.6. The first-order chi connectivity index (χ1) is 18.4. The minimum absolute atomic E-state index is 0.0196. The fourth-order valence-corrected chi connectivity index (χ4v) is 4.52. The van der Waals surface area contributed by atoms with Crippen molar-refractivity contribution >= 4 is 23.0 Å². The number of nitrogens with one attached hydrogen (secondary N) is 1. The number of benzene rings is 4. The van der Waals surface area contributed by atoms with Gasteiger partial charge in [-0.05, 0) is 73.2 Å². The van der Waals surface area contributed by atoms with Crippen LogP contribution in [0.4, 0.5) is 21.5 Å². The molecule has 4 aromatic rings. The third-order valence-corrected chi connectivity index (χ3v) is 6.41. The number of methoxy groups -OCH3 is 1. The van der Waals surface area contributed by atoms with Gasteiger partial charge in [-0.2, -0.15) is 0 Å². The van der Waals surface area contributed by atoms with Crippen molar-refractivity contribution in [3.8, 4) is 11.5 Å². The Morgan fingerprint density at radius 2 is 1.79 bits per heavy atom. The maximum atomic E-state index is 13.7. The number of rotatable bonds is 7. The number of para-hydroxylation sites is 1. The van der Waals surface area contributed by atoms with E-state index in [1.807, 2.05) is 24.3 Å². The molecule has 9 heteroatoms. The summed E-state index contributed by atoms with van der Waals surface area (Å²) >= 11 is 0. The van der Waals surface area contributed by atoms with Crippen LogP contribution in [0.2, 0.25) is 0 Å². The van der Waals surface area contributed by atoms with Crippen molar-refractivity contribution in [2.75, 3.05) is 17.3 Å². The summed E-state index contributed by atoms with van der Waals surface area (Å²) in [7, 11) is 1.55. The lowest BCUT2D eigenvalue weighted by atomic mass is 10.0. The minimum atomic E-state index is -0.589. The number of hydrogen-bond donors (Lipinski definition) is 1. The van der Waals surface area contributed by atoms with E-state index in [-0.39, 0.29) is 18.2 Å². The summed E-state index contributed by atoms with van der Waals surface area (Å²) in [5.74, 6) is 0.455. The van der Waals surface area contributed by atoms with Crippen LogP contribution < -0.4 is 19.7 Å². The Hall–Kier alpha value is -4.92. The van der Waals surface area contributed by atoms with Gasteiger partial charge in [-0.15, -0.1) is 0 Å². The van der Waals surface area contributed by atoms with Gasteiger partial charge in [0.15, 0.2) is 0 Å². The van der Waals surface area contributed by atoms with Crippen molar-refractivity contribution in [1.29, 1.82) is 0 Å². The molecule has 38 heavy (non-hydrogen) atoms. The predicted octanol–water partition coefficient (Wildman–Crippen LogP) is 6.40. The lowest BCUT2D eigenvalue weighted by Crippen LogP contribution is -2.43. The van der Waals surface area contributed by atoms with Crippen molar-refractivity contribution in [3.05, 3.63) is 123 Å². The maximum Gasteiger partial charge on any atom is 0.272 e. The third kappa shape index (κ3) is 4.73. The lowest BCUT2D eigenvalue weighted by molar-refractivity contribution is -0.385. The topological polar surface area (TPSA) is 93.9 Å². The number of aryl methyl sites for hydroxylation is 1. The van der Waals surface area contributed by atoms with E-state index in [2.05, 4.69) is 5.32 Å². The monoisotopic (exact) mass is 513 g/mol. The molecule has 4 aromatic carbocycles. The van der Waals surface area contributed by atoms with Gasteiger partial charge in [-0.1, -0.05) is 18.2 Å². The van der Waals surface area contributed by atoms with Crippen LogP contribution in [-0.4, -0.2) is 17.9 Å². The molecule has 0 aliphatic carbocycles. The number of anilines is 2. The Kier molecular flexibility index (Phi) is 6.66. The molecule has 0 fully saturated rings. The van der Waals surface area contributed by atoms with Crippen molar-refractivity contribution in [1.82, 2.24) is 0 Å². The largest absolute Gasteiger partial charge is 0.496 e. The highest BCUT2D eigenvalue weighted by atomic mass is 19.1. The highest BCUT2D eigenvalue weighted by Crippen LogP contribution is 2.38. The molecule has 0 saturated carbocycles. The summed E-state index contributed by atoms with van der Waals surface area (Å²) in [4.78, 5) is 25.9. The molecule has 1 atom stereocenters. The molecule has 1 unspecified atom stereocenters. The van der Waals surface area contributed by atoms with E-state index >= 15 is 0 Å². The van der Waals surface area contributed by atoms with Gasteiger partial charge in [0.25, 0.3) is 11.6 Å². The minimum Gasteiger partial charge on any atom is -0.496 e. The van der Waals surface area contributed by atoms with Gasteiger partial charge in [0, 0.05) is 28.6 Å². The molecular weight excluding hydrogens is 489 g/mol. The predicted molar refractivity (Wildman–Crippen MR) is 141 cm³/mol. The molecule has 0 saturated heterocycles. The van der Waals surface area contributed by atoms with Crippen LogP contribution in [0.15, 0.2) is 84.9 Å². The van der Waals surface area contributed by atoms with E-state index in [0.29, 0.717) is 39.6 Å². The molecular formula is C29H24FN3O5. The first kappa shape index (κ1) is 24.8. The number of carbonyl (C=O) groups excluding carboxylic acids is 1. The van der Waals surface area contributed by atoms with E-state index in [0.717, 1.165) is 5.56 Å². The SMILES string of the molecule is COc1ccc(C2Nc3ccccc3C(=O)N2c2ccc(F)cc2)cc1COc1ccc([N+](=O)[O-])c(C)c1. The van der Waals surface area contributed by atoms with E-state index in [1.165, 1.54) is 18.2 Å². The highest BCUT2D eigenvalue weighted by molar-refractivity contribution is 6.12. The van der Waals surface area contributed by atoms with Crippen molar-refractivity contribution in [2.24, 2.45) is 0 Å². The third-order valence-electron chi connectivity index (χ3n) is 6.41. The van der Waals surface area contributed by atoms with Gasteiger partial charge in [-0.3, -0.25) is 19.8 Å². The molecule has 5 rings (SSSR count). The molecule has 1 amide bonds. The van der Waals surface area contributed by atoms with E-state index in [1.54, 1.807) is 61.4 Å². The number of fused-ring (bicyclic) bond motifs is 1. The van der Waals surface area contributed by atoms with Gasteiger partial charge in [0.05, 0.1) is 17.6 Å². The summed E-state index contributed by atoms with van der Waals surface area (Å²) in [6.45, 7) is 1.78. The van der Waals surface area contributed by atoms with Crippen LogP contribution in [0.5, 0.6) is 11.5 Å². The first-order valence-electron chi connectivity index (χ1n) is 11.8. The number of halogens is 1. The van der Waals surface area contributed by atoms with Crippen LogP contribution >= 0.6 is 0 Å². The van der Waals surface area contributed by atoms with Crippen LogP contribution in [0.3, 0.4) is 0 Å². The summed E-state index contributed by atoms with van der Waals surface area (Å²) in [5.41, 5.74) is 3.73. The molecule has 1 aliphatic heterocycles. The van der Waals surface area contributed by atoms with Gasteiger partial charge in [0.2, 0.25) is 0 Å². The van der Waals surface area contributed by atoms with Gasteiger partial charge < -0.3 is 14.8 Å². The number of nitrogens with zero attached hydrogens (tertiary/aromatic N) is 2. The summed E-state index contributed by atoms with van der Waals surface area (Å²) < 4.78 is 25.2. The second kappa shape index (κ2) is 10.2. The number of nitro groups is 1. The molecule has 1 N–H and O–H groups in total. The molecule has 192 valence electrons. The zero-order chi connectivity index (χ0) is 26.8. The van der Waals surface area contributed by atoms with Crippen molar-refractivity contribution in [3.63, 3.8) is 0 Å². The zero-order valence-corrected chi connectivity index (χ0v) is 20.7. The van der Waals surface area contributed by atoms with Crippen LogP contribution in [0.1, 0.15) is 33.2 Å². The average molecular weight is 514 g/mol. The second-order valence-corrected chi connectivity index (χ2v) is 8.81. The Labute approximate surface area is 218 Å². The van der Waals surface area contributed by atoms with E-state index in [4.69, 9.17) is 9.47 Å². The molecule has 0 spiro atoms. The highest BCUT2D eigenvalue weighted by Gasteiger charge is 2.34. The number of hydrogen-bond acceptors (Lipinski definition) is 6. The first-order valence-corrected chi connectivity index (χ1v) is 11.8. The summed E-state index contributed by atoms with van der Waals surface area (Å²) in [6.07, 6.45) is -0.589. The molecule has 0 radical (unpaired) electrons. The van der Waals surface area contributed by atoms with Gasteiger partial charge >= 0.3 is 0 Å². The van der Waals surface area contributed by atoms with Crippen LogP contribution in [0, 0.1) is 22.9 Å². The Morgan fingerprint density at radius 3 is 2.50 bits per heavy atom. The number of amides is 1. The molecule has 1 heterocycles. The molecule has 8 nitrogen and oxygen atoms in total. The average Bonchev–Trinajstić information content (AvgIpc) is 2.92. The molecule has 1 aliphatic rings. The van der Waals surface area contributed by atoms with Crippen molar-refractivity contribution in [2.45, 2.75) is 19.7 Å². The Balaban J connectivity index is 1.50.